The van der Waals surface area contributed by atoms with Gasteiger partial charge in [0.25, 0.3) is 0 Å². The second-order valence-electron chi connectivity index (χ2n) is 17.2. The highest BCUT2D eigenvalue weighted by Crippen LogP contribution is 2.51. The van der Waals surface area contributed by atoms with Gasteiger partial charge in [-0.05, 0) is 94.5 Å². The predicted molar refractivity (Wildman–Crippen MR) is 263 cm³/mol. The van der Waals surface area contributed by atoms with Crippen molar-refractivity contribution in [2.75, 3.05) is 4.90 Å². The molecule has 0 amide bonds. The zero-order valence-corrected chi connectivity index (χ0v) is 36.0. The quantitative estimate of drug-likeness (QED) is 0.150. The van der Waals surface area contributed by atoms with Crippen molar-refractivity contribution in [3.8, 4) is 33.8 Å². The lowest BCUT2D eigenvalue weighted by Crippen LogP contribution is -2.56. The van der Waals surface area contributed by atoms with E-state index < -0.39 is 0 Å². The molecule has 62 heavy (non-hydrogen) atoms. The first-order valence-electron chi connectivity index (χ1n) is 21.6. The molecule has 3 nitrogen and oxygen atoms in total. The summed E-state index contributed by atoms with van der Waals surface area (Å²) < 4.78 is 13.8. The van der Waals surface area contributed by atoms with Crippen molar-refractivity contribution in [2.24, 2.45) is 0 Å². The Morgan fingerprint density at radius 3 is 1.77 bits per heavy atom. The van der Waals surface area contributed by atoms with Crippen molar-refractivity contribution >= 4 is 72.9 Å². The second-order valence-corrected chi connectivity index (χ2v) is 17.2. The van der Waals surface area contributed by atoms with E-state index in [4.69, 9.17) is 9.15 Å². The largest absolute Gasteiger partial charge is 0.456 e. The van der Waals surface area contributed by atoms with Crippen LogP contribution in [0.3, 0.4) is 0 Å². The summed E-state index contributed by atoms with van der Waals surface area (Å²) in [4.78, 5) is 2.33. The lowest BCUT2D eigenvalue weighted by atomic mass is 9.33. The van der Waals surface area contributed by atoms with Crippen LogP contribution in [-0.2, 0) is 0 Å². The van der Waals surface area contributed by atoms with E-state index in [1.54, 1.807) is 0 Å². The van der Waals surface area contributed by atoms with E-state index in [1.165, 1.54) is 60.7 Å². The molecule has 10 aromatic rings. The molecule has 1 aliphatic heterocycles. The van der Waals surface area contributed by atoms with Crippen LogP contribution in [0, 0.1) is 41.5 Å². The van der Waals surface area contributed by atoms with Gasteiger partial charge in [0.15, 0.2) is 5.58 Å². The first-order valence-corrected chi connectivity index (χ1v) is 21.6. The molecule has 0 atom stereocenters. The zero-order valence-electron chi connectivity index (χ0n) is 36.0. The predicted octanol–water partition coefficient (Wildman–Crippen LogP) is 14.0. The molecular weight excluding hydrogens is 753 g/mol. The Labute approximate surface area is 363 Å². The summed E-state index contributed by atoms with van der Waals surface area (Å²) in [7, 11) is 0. The molecule has 0 saturated carbocycles. The number of hydrogen-bond acceptors (Lipinski definition) is 3. The van der Waals surface area contributed by atoms with Crippen molar-refractivity contribution in [3.63, 3.8) is 0 Å². The SMILES string of the molecule is Cc1cc(C)c(B(c2c(C)cc(C)cc2C)c2ccc3c4c(cccc24)Oc2cc(N(c4ccccc4-c4ccccc4)c4cccc5c4oc4ccccc45)ccc2-3)c(C)c1. The van der Waals surface area contributed by atoms with E-state index in [-0.39, 0.29) is 6.71 Å². The molecule has 0 fully saturated rings. The molecule has 0 N–H and O–H groups in total. The number of para-hydroxylation sites is 3. The standard InChI is InChI=1S/C58H46BNO2/c1-35-30-37(3)56(38(4)31-35)59(57-39(5)32-36(2)33-40(57)6)49-29-28-46-45-27-26-42(34-54(45)61-53-25-15-21-48(49)55(46)53)60(50-22-12-10-18-43(50)41-16-8-7-9-17-41)51-23-14-20-47-44-19-11-13-24-52(44)62-58(47)51/h7-34H,1-6H3. The molecule has 0 aliphatic carbocycles. The van der Waals surface area contributed by atoms with Gasteiger partial charge >= 0.3 is 0 Å². The Morgan fingerprint density at radius 1 is 0.435 bits per heavy atom. The van der Waals surface area contributed by atoms with Crippen LogP contribution in [0.5, 0.6) is 11.5 Å². The third-order valence-corrected chi connectivity index (χ3v) is 13.0. The Morgan fingerprint density at radius 2 is 1.03 bits per heavy atom. The third kappa shape index (κ3) is 6.04. The average Bonchev–Trinajstić information content (AvgIpc) is 3.66. The number of benzene rings is 9. The Balaban J connectivity index is 1.11. The number of fused-ring (bicyclic) bond motifs is 5. The van der Waals surface area contributed by atoms with Gasteiger partial charge in [-0.15, -0.1) is 0 Å². The number of anilines is 3. The van der Waals surface area contributed by atoms with Crippen molar-refractivity contribution in [1.29, 1.82) is 0 Å². The van der Waals surface area contributed by atoms with Gasteiger partial charge in [-0.1, -0.05) is 177 Å². The number of aryl methyl sites for hydroxylation is 6. The molecule has 1 aliphatic rings. The van der Waals surface area contributed by atoms with Crippen molar-refractivity contribution < 1.29 is 9.15 Å². The van der Waals surface area contributed by atoms with Gasteiger partial charge < -0.3 is 14.1 Å². The number of furan rings is 1. The highest BCUT2D eigenvalue weighted by molar-refractivity contribution is 6.98. The number of ether oxygens (including phenoxy) is 1. The molecule has 0 radical (unpaired) electrons. The van der Waals surface area contributed by atoms with Crippen LogP contribution in [0.2, 0.25) is 0 Å². The average molecular weight is 800 g/mol. The normalized spacial score (nSPS) is 11.8. The topological polar surface area (TPSA) is 25.6 Å². The van der Waals surface area contributed by atoms with Crippen molar-refractivity contribution in [2.45, 2.75) is 41.5 Å². The van der Waals surface area contributed by atoms with E-state index >= 15 is 0 Å². The summed E-state index contributed by atoms with van der Waals surface area (Å²) in [5, 5.41) is 4.55. The highest BCUT2D eigenvalue weighted by Gasteiger charge is 2.32. The Kier molecular flexibility index (Phi) is 8.94. The molecule has 4 heteroatoms. The van der Waals surface area contributed by atoms with Crippen LogP contribution in [0.1, 0.15) is 33.4 Å². The fourth-order valence-corrected chi connectivity index (χ4v) is 10.6. The van der Waals surface area contributed by atoms with Gasteiger partial charge in [-0.3, -0.25) is 0 Å². The van der Waals surface area contributed by atoms with Gasteiger partial charge in [-0.25, -0.2) is 0 Å². The van der Waals surface area contributed by atoms with E-state index in [2.05, 4.69) is 204 Å². The molecule has 2 heterocycles. The molecular formula is C58H46BNO2. The molecule has 11 rings (SSSR count). The minimum atomic E-state index is 0.0449. The van der Waals surface area contributed by atoms with Crippen LogP contribution in [0.25, 0.3) is 55.0 Å². The van der Waals surface area contributed by atoms with E-state index in [0.29, 0.717) is 0 Å². The number of nitrogens with zero attached hydrogens (tertiary/aromatic N) is 1. The first-order chi connectivity index (χ1) is 30.2. The van der Waals surface area contributed by atoms with E-state index in [0.717, 1.165) is 72.6 Å². The molecule has 9 aromatic carbocycles. The van der Waals surface area contributed by atoms with Crippen LogP contribution >= 0.6 is 0 Å². The molecule has 0 spiro atoms. The summed E-state index contributed by atoms with van der Waals surface area (Å²) in [6.07, 6.45) is 0. The third-order valence-electron chi connectivity index (χ3n) is 13.0. The molecule has 298 valence electrons. The second kappa shape index (κ2) is 14.7. The summed E-state index contributed by atoms with van der Waals surface area (Å²) in [6.45, 7) is 13.6. The van der Waals surface area contributed by atoms with Crippen LogP contribution in [0.15, 0.2) is 174 Å². The lowest BCUT2D eigenvalue weighted by Gasteiger charge is -2.30. The van der Waals surface area contributed by atoms with Gasteiger partial charge in [0, 0.05) is 33.4 Å². The van der Waals surface area contributed by atoms with Crippen LogP contribution in [0.4, 0.5) is 17.1 Å². The molecule has 0 saturated heterocycles. The van der Waals surface area contributed by atoms with Gasteiger partial charge in [0.05, 0.1) is 17.1 Å². The Hall–Kier alpha value is -7.30. The maximum Gasteiger partial charge on any atom is 0.243 e. The summed E-state index contributed by atoms with van der Waals surface area (Å²) >= 11 is 0. The van der Waals surface area contributed by atoms with E-state index in [1.807, 2.05) is 12.1 Å². The van der Waals surface area contributed by atoms with Crippen molar-refractivity contribution in [1.82, 2.24) is 0 Å². The minimum Gasteiger partial charge on any atom is -0.456 e. The first kappa shape index (κ1) is 37.7. The van der Waals surface area contributed by atoms with Crippen molar-refractivity contribution in [3.05, 3.63) is 203 Å². The fraction of sp³-hybridized carbons (Fsp3) is 0.103. The maximum atomic E-state index is 7.08. The monoisotopic (exact) mass is 799 g/mol. The highest BCUT2D eigenvalue weighted by atomic mass is 16.5. The Bertz CT molecular complexity index is 3310. The minimum absolute atomic E-state index is 0.0449. The van der Waals surface area contributed by atoms with Gasteiger partial charge in [0.1, 0.15) is 17.1 Å². The number of hydrogen-bond donors (Lipinski definition) is 0. The zero-order chi connectivity index (χ0) is 42.2. The van der Waals surface area contributed by atoms with Gasteiger partial charge in [0.2, 0.25) is 6.71 Å². The maximum absolute atomic E-state index is 7.08. The summed E-state index contributed by atoms with van der Waals surface area (Å²) in [5.74, 6) is 1.69. The van der Waals surface area contributed by atoms with Crippen LogP contribution in [-0.4, -0.2) is 6.71 Å². The van der Waals surface area contributed by atoms with Crippen LogP contribution < -0.4 is 26.0 Å². The number of rotatable bonds is 7. The molecule has 0 unspecified atom stereocenters. The van der Waals surface area contributed by atoms with E-state index in [9.17, 15) is 0 Å². The van der Waals surface area contributed by atoms with Gasteiger partial charge in [-0.2, -0.15) is 0 Å². The smallest absolute Gasteiger partial charge is 0.243 e. The fourth-order valence-electron chi connectivity index (χ4n) is 10.6. The summed E-state index contributed by atoms with van der Waals surface area (Å²) in [5.41, 5.74) is 21.1. The molecule has 0 bridgehead atoms. The lowest BCUT2D eigenvalue weighted by molar-refractivity contribution is 0.487. The summed E-state index contributed by atoms with van der Waals surface area (Å²) in [6, 6.07) is 61.3. The molecule has 1 aromatic heterocycles.